The summed E-state index contributed by atoms with van der Waals surface area (Å²) in [5.74, 6) is -0.211. The molecule has 0 aliphatic rings. The number of rotatable bonds is 8. The quantitative estimate of drug-likeness (QED) is 0.748. The third-order valence-electron chi connectivity index (χ3n) is 3.93. The van der Waals surface area contributed by atoms with Crippen molar-refractivity contribution in [2.24, 2.45) is 0 Å². The summed E-state index contributed by atoms with van der Waals surface area (Å²) in [7, 11) is -3.37. The third kappa shape index (κ3) is 6.44. The highest BCUT2D eigenvalue weighted by Gasteiger charge is 2.16. The molecular formula is C19H23ClN2O3S. The van der Waals surface area contributed by atoms with Gasteiger partial charge in [0.1, 0.15) is 0 Å². The highest BCUT2D eigenvalue weighted by atomic mass is 35.5. The Kier molecular flexibility index (Phi) is 7.20. The van der Waals surface area contributed by atoms with Gasteiger partial charge < -0.3 is 5.32 Å². The highest BCUT2D eigenvalue weighted by Crippen LogP contribution is 2.12. The number of amides is 1. The van der Waals surface area contributed by atoms with Gasteiger partial charge in [0.2, 0.25) is 10.0 Å². The van der Waals surface area contributed by atoms with E-state index >= 15 is 0 Å². The molecule has 0 fully saturated rings. The molecule has 0 atom stereocenters. The lowest BCUT2D eigenvalue weighted by Gasteiger charge is -2.20. The van der Waals surface area contributed by atoms with E-state index in [1.165, 1.54) is 10.6 Å². The number of carbonyl (C=O) groups is 1. The fourth-order valence-corrected chi connectivity index (χ4v) is 3.63. The van der Waals surface area contributed by atoms with E-state index in [9.17, 15) is 13.2 Å². The van der Waals surface area contributed by atoms with Crippen molar-refractivity contribution in [3.63, 3.8) is 0 Å². The van der Waals surface area contributed by atoms with Crippen LogP contribution in [0.3, 0.4) is 0 Å². The van der Waals surface area contributed by atoms with Crippen LogP contribution < -0.4 is 5.32 Å². The zero-order valence-electron chi connectivity index (χ0n) is 14.9. The van der Waals surface area contributed by atoms with Gasteiger partial charge in [0.25, 0.3) is 5.91 Å². The van der Waals surface area contributed by atoms with Gasteiger partial charge in [-0.15, -0.1) is 0 Å². The fourth-order valence-electron chi connectivity index (χ4n) is 2.57. The van der Waals surface area contributed by atoms with Crippen LogP contribution in [-0.4, -0.2) is 44.5 Å². The van der Waals surface area contributed by atoms with E-state index in [0.717, 1.165) is 11.1 Å². The number of nitrogens with zero attached hydrogens (tertiary/aromatic N) is 1. The van der Waals surface area contributed by atoms with Gasteiger partial charge in [-0.25, -0.2) is 12.7 Å². The summed E-state index contributed by atoms with van der Waals surface area (Å²) in [4.78, 5) is 12.2. The Morgan fingerprint density at radius 1 is 1.12 bits per heavy atom. The largest absolute Gasteiger partial charge is 0.351 e. The molecule has 0 aliphatic heterocycles. The molecule has 1 amide bonds. The van der Waals surface area contributed by atoms with Gasteiger partial charge in [0, 0.05) is 30.2 Å². The van der Waals surface area contributed by atoms with Crippen molar-refractivity contribution < 1.29 is 13.2 Å². The summed E-state index contributed by atoms with van der Waals surface area (Å²) < 4.78 is 25.4. The fraction of sp³-hybridized carbons (Fsp3) is 0.316. The normalized spacial score (nSPS) is 11.5. The van der Waals surface area contributed by atoms with E-state index < -0.39 is 10.0 Å². The average molecular weight is 395 g/mol. The Morgan fingerprint density at radius 3 is 2.50 bits per heavy atom. The summed E-state index contributed by atoms with van der Waals surface area (Å²) in [6, 6.07) is 14.6. The number of aryl methyl sites for hydroxylation is 1. The molecule has 5 nitrogen and oxygen atoms in total. The van der Waals surface area contributed by atoms with Crippen LogP contribution in [0.25, 0.3) is 0 Å². The molecule has 0 radical (unpaired) electrons. The number of benzene rings is 2. The van der Waals surface area contributed by atoms with E-state index in [-0.39, 0.29) is 19.0 Å². The van der Waals surface area contributed by atoms with Gasteiger partial charge in [-0.05, 0) is 43.2 Å². The van der Waals surface area contributed by atoms with Gasteiger partial charge in [-0.3, -0.25) is 4.79 Å². The predicted molar refractivity (Wildman–Crippen MR) is 105 cm³/mol. The number of hydrogen-bond donors (Lipinski definition) is 1. The van der Waals surface area contributed by atoms with E-state index in [2.05, 4.69) is 5.32 Å². The molecular weight excluding hydrogens is 372 g/mol. The second-order valence-corrected chi connectivity index (χ2v) is 8.59. The molecule has 7 heteroatoms. The SMILES string of the molecule is Cc1cccc(C(=O)NCCN(CCc2cccc(Cl)c2)S(C)(=O)=O)c1. The van der Waals surface area contributed by atoms with Crippen LogP contribution in [0.5, 0.6) is 0 Å². The molecule has 0 aromatic heterocycles. The second-order valence-electron chi connectivity index (χ2n) is 6.17. The molecule has 0 aliphatic carbocycles. The molecule has 2 aromatic carbocycles. The Morgan fingerprint density at radius 2 is 1.85 bits per heavy atom. The van der Waals surface area contributed by atoms with Gasteiger partial charge >= 0.3 is 0 Å². The summed E-state index contributed by atoms with van der Waals surface area (Å²) in [5.41, 5.74) is 2.53. The van der Waals surface area contributed by atoms with Gasteiger partial charge in [-0.1, -0.05) is 41.4 Å². The summed E-state index contributed by atoms with van der Waals surface area (Å²) >= 11 is 5.96. The topological polar surface area (TPSA) is 66.5 Å². The van der Waals surface area contributed by atoms with Crippen LogP contribution in [0.2, 0.25) is 5.02 Å². The minimum absolute atomic E-state index is 0.211. The Bertz CT molecular complexity index is 869. The number of carbonyl (C=O) groups excluding carboxylic acids is 1. The summed E-state index contributed by atoms with van der Waals surface area (Å²) in [5, 5.41) is 3.39. The molecule has 0 saturated heterocycles. The lowest BCUT2D eigenvalue weighted by atomic mass is 10.1. The van der Waals surface area contributed by atoms with Crippen LogP contribution in [0.4, 0.5) is 0 Å². The molecule has 1 N–H and O–H groups in total. The monoisotopic (exact) mass is 394 g/mol. The molecule has 0 spiro atoms. The standard InChI is InChI=1S/C19H23ClN2O3S/c1-15-5-3-7-17(13-15)19(23)21-10-12-22(26(2,24)25)11-9-16-6-4-8-18(20)14-16/h3-8,13-14H,9-12H2,1-2H3,(H,21,23). The first-order chi connectivity index (χ1) is 12.3. The minimum Gasteiger partial charge on any atom is -0.351 e. The van der Waals surface area contributed by atoms with Crippen molar-refractivity contribution in [3.05, 3.63) is 70.2 Å². The van der Waals surface area contributed by atoms with Gasteiger partial charge in [-0.2, -0.15) is 0 Å². The minimum atomic E-state index is -3.37. The van der Waals surface area contributed by atoms with Crippen molar-refractivity contribution in [2.45, 2.75) is 13.3 Å². The number of sulfonamides is 1. The average Bonchev–Trinajstić information content (AvgIpc) is 2.56. The lowest BCUT2D eigenvalue weighted by molar-refractivity contribution is 0.0951. The number of nitrogens with one attached hydrogen (secondary N) is 1. The Hall–Kier alpha value is -1.89. The van der Waals surface area contributed by atoms with Crippen LogP contribution >= 0.6 is 11.6 Å². The Labute approximate surface area is 160 Å². The van der Waals surface area contributed by atoms with Crippen molar-refractivity contribution in [1.82, 2.24) is 9.62 Å². The van der Waals surface area contributed by atoms with E-state index in [4.69, 9.17) is 11.6 Å². The first-order valence-electron chi connectivity index (χ1n) is 8.30. The zero-order valence-corrected chi connectivity index (χ0v) is 16.5. The second kappa shape index (κ2) is 9.16. The maximum absolute atomic E-state index is 12.2. The van der Waals surface area contributed by atoms with Gasteiger partial charge in [0.05, 0.1) is 6.26 Å². The maximum Gasteiger partial charge on any atom is 0.251 e. The zero-order chi connectivity index (χ0) is 19.2. The number of halogens is 1. The van der Waals surface area contributed by atoms with Crippen molar-refractivity contribution >= 4 is 27.5 Å². The van der Waals surface area contributed by atoms with Crippen molar-refractivity contribution in [3.8, 4) is 0 Å². The molecule has 2 aromatic rings. The van der Waals surface area contributed by atoms with Crippen LogP contribution in [0.1, 0.15) is 21.5 Å². The molecule has 2 rings (SSSR count). The van der Waals surface area contributed by atoms with Crippen LogP contribution in [0.15, 0.2) is 48.5 Å². The molecule has 0 heterocycles. The van der Waals surface area contributed by atoms with Gasteiger partial charge in [0.15, 0.2) is 0 Å². The van der Waals surface area contributed by atoms with E-state index in [0.29, 0.717) is 23.6 Å². The molecule has 26 heavy (non-hydrogen) atoms. The molecule has 0 unspecified atom stereocenters. The first kappa shape index (κ1) is 20.4. The predicted octanol–water partition coefficient (Wildman–Crippen LogP) is 2.88. The maximum atomic E-state index is 12.2. The molecule has 0 bridgehead atoms. The third-order valence-corrected chi connectivity index (χ3v) is 5.47. The highest BCUT2D eigenvalue weighted by molar-refractivity contribution is 7.88. The van der Waals surface area contributed by atoms with E-state index in [1.54, 1.807) is 18.2 Å². The Balaban J connectivity index is 1.91. The van der Waals surface area contributed by atoms with Crippen LogP contribution in [0, 0.1) is 6.92 Å². The first-order valence-corrected chi connectivity index (χ1v) is 10.5. The number of hydrogen-bond acceptors (Lipinski definition) is 3. The van der Waals surface area contributed by atoms with E-state index in [1.807, 2.05) is 37.3 Å². The summed E-state index contributed by atoms with van der Waals surface area (Å²) in [6.45, 7) is 2.71. The molecule has 140 valence electrons. The molecule has 0 saturated carbocycles. The van der Waals surface area contributed by atoms with Crippen molar-refractivity contribution in [1.29, 1.82) is 0 Å². The van der Waals surface area contributed by atoms with Crippen molar-refractivity contribution in [2.75, 3.05) is 25.9 Å². The lowest BCUT2D eigenvalue weighted by Crippen LogP contribution is -2.39. The smallest absolute Gasteiger partial charge is 0.251 e. The summed E-state index contributed by atoms with van der Waals surface area (Å²) in [6.07, 6.45) is 1.73. The van der Waals surface area contributed by atoms with Crippen LogP contribution in [-0.2, 0) is 16.4 Å².